The third-order valence-electron chi connectivity index (χ3n) is 3.34. The number of aromatic nitrogens is 2. The van der Waals surface area contributed by atoms with Crippen LogP contribution >= 0.6 is 15.9 Å². The summed E-state index contributed by atoms with van der Waals surface area (Å²) in [5.74, 6) is 1.93. The van der Waals surface area contributed by atoms with Gasteiger partial charge in [-0.2, -0.15) is 0 Å². The zero-order valence-electron chi connectivity index (χ0n) is 10.6. The maximum absolute atomic E-state index is 4.57. The molecule has 0 radical (unpaired) electrons. The zero-order valence-corrected chi connectivity index (χ0v) is 12.2. The normalized spacial score (nSPS) is 20.6. The van der Waals surface area contributed by atoms with Crippen molar-refractivity contribution in [2.45, 2.75) is 52.0 Å². The average molecular weight is 298 g/mol. The van der Waals surface area contributed by atoms with Gasteiger partial charge in [0.05, 0.1) is 0 Å². The predicted molar refractivity (Wildman–Crippen MR) is 74.4 cm³/mol. The highest BCUT2D eigenvalue weighted by Gasteiger charge is 2.23. The third-order valence-corrected chi connectivity index (χ3v) is 3.74. The minimum atomic E-state index is 0.662. The molecular formula is C13H20BrN3. The lowest BCUT2D eigenvalue weighted by Gasteiger charge is -2.36. The fourth-order valence-corrected chi connectivity index (χ4v) is 3.06. The molecule has 2 rings (SSSR count). The second-order valence-electron chi connectivity index (χ2n) is 4.73. The predicted octanol–water partition coefficient (Wildman–Crippen LogP) is 3.71. The highest BCUT2D eigenvalue weighted by atomic mass is 79.9. The minimum Gasteiger partial charge on any atom is -0.353 e. The lowest BCUT2D eigenvalue weighted by Crippen LogP contribution is -2.40. The molecule has 1 atom stereocenters. The van der Waals surface area contributed by atoms with Gasteiger partial charge in [0.25, 0.3) is 0 Å². The van der Waals surface area contributed by atoms with Gasteiger partial charge >= 0.3 is 0 Å². The number of halogens is 1. The maximum Gasteiger partial charge on any atom is 0.133 e. The van der Waals surface area contributed by atoms with E-state index in [-0.39, 0.29) is 0 Å². The van der Waals surface area contributed by atoms with Gasteiger partial charge in [-0.05, 0) is 48.5 Å². The van der Waals surface area contributed by atoms with Crippen LogP contribution in [0, 0.1) is 6.92 Å². The van der Waals surface area contributed by atoms with Crippen molar-refractivity contribution in [1.29, 1.82) is 0 Å². The first kappa shape index (κ1) is 12.8. The summed E-state index contributed by atoms with van der Waals surface area (Å²) in [6.07, 6.45) is 6.44. The smallest absolute Gasteiger partial charge is 0.133 e. The Hall–Kier alpha value is -0.640. The quantitative estimate of drug-likeness (QED) is 0.797. The van der Waals surface area contributed by atoms with Gasteiger partial charge in [-0.1, -0.05) is 13.3 Å². The molecule has 1 aliphatic heterocycles. The summed E-state index contributed by atoms with van der Waals surface area (Å²) in [6.45, 7) is 5.34. The molecule has 2 heterocycles. The van der Waals surface area contributed by atoms with Crippen LogP contribution in [0.3, 0.4) is 0 Å². The number of anilines is 1. The van der Waals surface area contributed by atoms with Crippen LogP contribution in [-0.2, 0) is 0 Å². The number of piperidine rings is 1. The molecule has 0 aromatic carbocycles. The van der Waals surface area contributed by atoms with E-state index in [1.165, 1.54) is 32.1 Å². The molecule has 1 unspecified atom stereocenters. The van der Waals surface area contributed by atoms with Crippen LogP contribution in [0.1, 0.15) is 44.9 Å². The molecule has 0 aliphatic carbocycles. The summed E-state index contributed by atoms with van der Waals surface area (Å²) in [7, 11) is 0. The van der Waals surface area contributed by atoms with Crippen molar-refractivity contribution in [3.63, 3.8) is 0 Å². The molecule has 1 fully saturated rings. The lowest BCUT2D eigenvalue weighted by molar-refractivity contribution is 0.431. The van der Waals surface area contributed by atoms with Crippen molar-refractivity contribution < 1.29 is 0 Å². The van der Waals surface area contributed by atoms with Gasteiger partial charge in [0.1, 0.15) is 16.2 Å². The summed E-state index contributed by atoms with van der Waals surface area (Å²) < 4.78 is 0.890. The molecule has 1 aliphatic rings. The second-order valence-corrected chi connectivity index (χ2v) is 5.54. The Morgan fingerprint density at radius 3 is 2.94 bits per heavy atom. The molecule has 3 nitrogen and oxygen atoms in total. The van der Waals surface area contributed by atoms with Crippen LogP contribution in [0.5, 0.6) is 0 Å². The molecule has 0 N–H and O–H groups in total. The number of nitrogens with zero attached hydrogens (tertiary/aromatic N) is 3. The van der Waals surface area contributed by atoms with Gasteiger partial charge in [0.15, 0.2) is 0 Å². The Balaban J connectivity index is 2.22. The molecule has 0 bridgehead atoms. The van der Waals surface area contributed by atoms with E-state index in [1.54, 1.807) is 0 Å². The van der Waals surface area contributed by atoms with Gasteiger partial charge in [-0.3, -0.25) is 0 Å². The van der Waals surface area contributed by atoms with Gasteiger partial charge in [0.2, 0.25) is 0 Å². The highest BCUT2D eigenvalue weighted by Crippen LogP contribution is 2.27. The van der Waals surface area contributed by atoms with Crippen molar-refractivity contribution in [2.75, 3.05) is 11.4 Å². The van der Waals surface area contributed by atoms with E-state index in [0.717, 1.165) is 22.8 Å². The third kappa shape index (κ3) is 3.18. The van der Waals surface area contributed by atoms with Crippen molar-refractivity contribution >= 4 is 21.7 Å². The summed E-state index contributed by atoms with van der Waals surface area (Å²) in [5.41, 5.74) is 0. The zero-order chi connectivity index (χ0) is 12.3. The van der Waals surface area contributed by atoms with Crippen LogP contribution in [-0.4, -0.2) is 22.6 Å². The van der Waals surface area contributed by atoms with E-state index in [0.29, 0.717) is 6.04 Å². The van der Waals surface area contributed by atoms with Gasteiger partial charge in [-0.15, -0.1) is 0 Å². The average Bonchev–Trinajstić information content (AvgIpc) is 2.29. The molecule has 4 heteroatoms. The van der Waals surface area contributed by atoms with E-state index in [9.17, 15) is 0 Å². The standard InChI is InChI=1S/C13H20BrN3/c1-3-6-11-7-4-5-8-17(11)13-9-12(14)15-10(2)16-13/h9,11H,3-8H2,1-2H3. The van der Waals surface area contributed by atoms with Crippen LogP contribution in [0.25, 0.3) is 0 Å². The van der Waals surface area contributed by atoms with E-state index >= 15 is 0 Å². The first-order valence-electron chi connectivity index (χ1n) is 6.48. The van der Waals surface area contributed by atoms with Crippen molar-refractivity contribution in [3.05, 3.63) is 16.5 Å². The summed E-state index contributed by atoms with van der Waals surface area (Å²) in [6, 6.07) is 2.70. The number of rotatable bonds is 3. The van der Waals surface area contributed by atoms with E-state index in [1.807, 2.05) is 13.0 Å². The van der Waals surface area contributed by atoms with Gasteiger partial charge in [-0.25, -0.2) is 9.97 Å². The SMILES string of the molecule is CCCC1CCCCN1c1cc(Br)nc(C)n1. The Kier molecular flexibility index (Phi) is 4.37. The highest BCUT2D eigenvalue weighted by molar-refractivity contribution is 9.10. The molecule has 94 valence electrons. The Bertz CT molecular complexity index is 359. The van der Waals surface area contributed by atoms with Crippen LogP contribution in [0.15, 0.2) is 10.7 Å². The molecule has 17 heavy (non-hydrogen) atoms. The molecule has 0 saturated carbocycles. The van der Waals surface area contributed by atoms with Crippen molar-refractivity contribution in [3.8, 4) is 0 Å². The molecule has 1 saturated heterocycles. The minimum absolute atomic E-state index is 0.662. The second kappa shape index (κ2) is 5.80. The first-order valence-corrected chi connectivity index (χ1v) is 7.28. The fraction of sp³-hybridized carbons (Fsp3) is 0.692. The number of hydrogen-bond acceptors (Lipinski definition) is 3. The Labute approximate surface area is 112 Å². The Morgan fingerprint density at radius 2 is 2.24 bits per heavy atom. The lowest BCUT2D eigenvalue weighted by atomic mass is 9.98. The fourth-order valence-electron chi connectivity index (χ4n) is 2.60. The topological polar surface area (TPSA) is 29.0 Å². The first-order chi connectivity index (χ1) is 8.20. The van der Waals surface area contributed by atoms with E-state index < -0.39 is 0 Å². The van der Waals surface area contributed by atoms with E-state index in [4.69, 9.17) is 0 Å². The Morgan fingerprint density at radius 1 is 1.41 bits per heavy atom. The van der Waals surface area contributed by atoms with Crippen molar-refractivity contribution in [2.24, 2.45) is 0 Å². The number of hydrogen-bond donors (Lipinski definition) is 0. The van der Waals surface area contributed by atoms with Crippen molar-refractivity contribution in [1.82, 2.24) is 9.97 Å². The van der Waals surface area contributed by atoms with Crippen LogP contribution < -0.4 is 4.90 Å². The maximum atomic E-state index is 4.57. The van der Waals surface area contributed by atoms with Crippen LogP contribution in [0.2, 0.25) is 0 Å². The molecule has 0 amide bonds. The summed E-state index contributed by atoms with van der Waals surface area (Å²) in [4.78, 5) is 11.3. The molecule has 1 aromatic rings. The van der Waals surface area contributed by atoms with Gasteiger partial charge < -0.3 is 4.90 Å². The monoisotopic (exact) mass is 297 g/mol. The molecule has 1 aromatic heterocycles. The number of aryl methyl sites for hydroxylation is 1. The largest absolute Gasteiger partial charge is 0.353 e. The van der Waals surface area contributed by atoms with Crippen LogP contribution in [0.4, 0.5) is 5.82 Å². The summed E-state index contributed by atoms with van der Waals surface area (Å²) >= 11 is 3.46. The molecule has 0 spiro atoms. The van der Waals surface area contributed by atoms with Gasteiger partial charge in [0, 0.05) is 18.7 Å². The van der Waals surface area contributed by atoms with E-state index in [2.05, 4.69) is 37.7 Å². The molecular weight excluding hydrogens is 278 g/mol. The summed E-state index contributed by atoms with van der Waals surface area (Å²) in [5, 5.41) is 0.